The maximum absolute atomic E-state index is 6.03. The molecule has 0 unspecified atom stereocenters. The van der Waals surface area contributed by atoms with Crippen LogP contribution in [0.15, 0.2) is 53.0 Å². The molecule has 7 heteroatoms. The first-order valence-corrected chi connectivity index (χ1v) is 12.1. The molecule has 0 N–H and O–H groups in total. The average Bonchev–Trinajstić information content (AvgIpc) is 3.44. The lowest BCUT2D eigenvalue weighted by Crippen LogP contribution is -2.50. The quantitative estimate of drug-likeness (QED) is 0.592. The van der Waals surface area contributed by atoms with E-state index in [1.807, 2.05) is 29.5 Å². The maximum Gasteiger partial charge on any atom is 0.151 e. The Balaban J connectivity index is 1.06. The van der Waals surface area contributed by atoms with Crippen molar-refractivity contribution in [3.05, 3.63) is 59.0 Å². The lowest BCUT2D eigenvalue weighted by molar-refractivity contribution is 0.00854. The van der Waals surface area contributed by atoms with Crippen LogP contribution in [0.1, 0.15) is 11.1 Å². The molecule has 0 amide bonds. The summed E-state index contributed by atoms with van der Waals surface area (Å²) in [6.45, 7) is 6.78. The van der Waals surface area contributed by atoms with Gasteiger partial charge in [0.2, 0.25) is 0 Å². The van der Waals surface area contributed by atoms with Gasteiger partial charge < -0.3 is 14.3 Å². The number of hydrogen-bond donors (Lipinski definition) is 0. The van der Waals surface area contributed by atoms with Crippen molar-refractivity contribution in [2.45, 2.75) is 12.6 Å². The third-order valence-electron chi connectivity index (χ3n) is 6.83. The highest BCUT2D eigenvalue weighted by Crippen LogP contribution is 2.36. The van der Waals surface area contributed by atoms with Crippen molar-refractivity contribution in [3.63, 3.8) is 0 Å². The molecule has 4 heterocycles. The van der Waals surface area contributed by atoms with Crippen molar-refractivity contribution in [2.75, 3.05) is 46.4 Å². The lowest BCUT2D eigenvalue weighted by Gasteiger charge is -2.36. The zero-order valence-electron chi connectivity index (χ0n) is 18.2. The fraction of sp³-hybridized carbons (Fsp3) is 0.400. The van der Waals surface area contributed by atoms with E-state index >= 15 is 0 Å². The summed E-state index contributed by atoms with van der Waals surface area (Å²) in [6.07, 6.45) is 0.0386. The number of rotatable bonds is 5. The van der Waals surface area contributed by atoms with Crippen LogP contribution >= 0.6 is 11.3 Å². The highest BCUT2D eigenvalue weighted by molar-refractivity contribution is 7.17. The van der Waals surface area contributed by atoms with Crippen LogP contribution in [-0.4, -0.2) is 68.1 Å². The molecule has 1 fully saturated rings. The molecule has 6 rings (SSSR count). The van der Waals surface area contributed by atoms with Crippen LogP contribution in [0.5, 0.6) is 11.5 Å². The third kappa shape index (κ3) is 3.64. The van der Waals surface area contributed by atoms with Gasteiger partial charge in [-0.25, -0.2) is 0 Å². The number of piperazine rings is 1. The number of nitrogens with zero attached hydrogens (tertiary/aromatic N) is 3. The fourth-order valence-corrected chi connectivity index (χ4v) is 5.91. The van der Waals surface area contributed by atoms with Gasteiger partial charge >= 0.3 is 0 Å². The van der Waals surface area contributed by atoms with Crippen LogP contribution in [0.4, 0.5) is 0 Å². The molecule has 1 aromatic heterocycles. The number of ether oxygens (including phenoxy) is 2. The van der Waals surface area contributed by atoms with Gasteiger partial charge in [-0.15, -0.1) is 11.3 Å². The van der Waals surface area contributed by atoms with Crippen LogP contribution in [0, 0.1) is 5.92 Å². The SMILES string of the molecule is COc1ccc2c(c1)C1=NO[C@@H](CN3CCN(Cc4csc5ccccc45)CC3)[C@@H]1CO2. The topological polar surface area (TPSA) is 46.5 Å². The van der Waals surface area contributed by atoms with Gasteiger partial charge in [0.05, 0.1) is 13.0 Å². The smallest absolute Gasteiger partial charge is 0.151 e. The van der Waals surface area contributed by atoms with E-state index in [0.717, 1.165) is 62.0 Å². The van der Waals surface area contributed by atoms with Crippen molar-refractivity contribution in [3.8, 4) is 11.5 Å². The van der Waals surface area contributed by atoms with E-state index in [9.17, 15) is 0 Å². The summed E-state index contributed by atoms with van der Waals surface area (Å²) in [5.74, 6) is 1.85. The Morgan fingerprint density at radius 3 is 2.81 bits per heavy atom. The highest BCUT2D eigenvalue weighted by Gasteiger charge is 2.41. The Hall–Kier alpha value is -2.61. The molecule has 166 valence electrons. The molecule has 3 aliphatic heterocycles. The van der Waals surface area contributed by atoms with Crippen LogP contribution < -0.4 is 9.47 Å². The van der Waals surface area contributed by atoms with Crippen molar-refractivity contribution in [2.24, 2.45) is 11.1 Å². The van der Waals surface area contributed by atoms with E-state index in [1.165, 1.54) is 15.6 Å². The molecule has 0 aliphatic carbocycles. The van der Waals surface area contributed by atoms with Crippen molar-refractivity contribution < 1.29 is 14.3 Å². The molecule has 0 saturated carbocycles. The van der Waals surface area contributed by atoms with Crippen molar-refractivity contribution >= 4 is 27.1 Å². The van der Waals surface area contributed by atoms with E-state index < -0.39 is 0 Å². The molecule has 3 aliphatic rings. The normalized spacial score (nSPS) is 23.2. The first-order chi connectivity index (χ1) is 15.8. The Labute approximate surface area is 192 Å². The second kappa shape index (κ2) is 8.39. The Bertz CT molecular complexity index is 1150. The minimum Gasteiger partial charge on any atom is -0.497 e. The van der Waals surface area contributed by atoms with Crippen LogP contribution in [0.3, 0.4) is 0 Å². The van der Waals surface area contributed by atoms with E-state index in [-0.39, 0.29) is 12.0 Å². The van der Waals surface area contributed by atoms with Crippen LogP contribution in [-0.2, 0) is 11.4 Å². The van der Waals surface area contributed by atoms with E-state index in [2.05, 4.69) is 44.6 Å². The molecule has 32 heavy (non-hydrogen) atoms. The molecular formula is C25H27N3O3S. The molecule has 2 aromatic carbocycles. The first kappa shape index (κ1) is 20.0. The second-order valence-corrected chi connectivity index (χ2v) is 9.65. The highest BCUT2D eigenvalue weighted by atomic mass is 32.1. The predicted molar refractivity (Wildman–Crippen MR) is 127 cm³/mol. The van der Waals surface area contributed by atoms with E-state index in [4.69, 9.17) is 14.3 Å². The predicted octanol–water partition coefficient (Wildman–Crippen LogP) is 3.84. The molecule has 0 spiro atoms. The summed E-state index contributed by atoms with van der Waals surface area (Å²) < 4.78 is 12.8. The number of thiophene rings is 1. The van der Waals surface area contributed by atoms with Crippen molar-refractivity contribution in [1.82, 2.24) is 9.80 Å². The minimum absolute atomic E-state index is 0.0386. The number of methoxy groups -OCH3 is 1. The molecule has 2 atom stereocenters. The minimum atomic E-state index is 0.0386. The number of benzene rings is 2. The molecule has 0 radical (unpaired) electrons. The zero-order valence-corrected chi connectivity index (χ0v) is 19.0. The summed E-state index contributed by atoms with van der Waals surface area (Å²) in [5, 5.41) is 8.18. The summed E-state index contributed by atoms with van der Waals surface area (Å²) >= 11 is 1.85. The van der Waals surface area contributed by atoms with E-state index in [0.29, 0.717) is 6.61 Å². The summed E-state index contributed by atoms with van der Waals surface area (Å²) in [6, 6.07) is 14.6. The fourth-order valence-electron chi connectivity index (χ4n) is 4.96. The summed E-state index contributed by atoms with van der Waals surface area (Å²) in [5.41, 5.74) is 3.44. The second-order valence-electron chi connectivity index (χ2n) is 8.73. The number of fused-ring (bicyclic) bond motifs is 4. The summed E-state index contributed by atoms with van der Waals surface area (Å²) in [4.78, 5) is 11.0. The van der Waals surface area contributed by atoms with Gasteiger partial charge in [-0.05, 0) is 40.6 Å². The molecule has 6 nitrogen and oxygen atoms in total. The van der Waals surface area contributed by atoms with Gasteiger partial charge in [0.15, 0.2) is 6.10 Å². The Kier molecular flexibility index (Phi) is 5.25. The van der Waals surface area contributed by atoms with Gasteiger partial charge in [-0.1, -0.05) is 23.4 Å². The molecular weight excluding hydrogens is 422 g/mol. The molecule has 1 saturated heterocycles. The summed E-state index contributed by atoms with van der Waals surface area (Å²) in [7, 11) is 1.68. The van der Waals surface area contributed by atoms with Gasteiger partial charge in [0.1, 0.15) is 23.8 Å². The average molecular weight is 450 g/mol. The Morgan fingerprint density at radius 2 is 1.94 bits per heavy atom. The zero-order chi connectivity index (χ0) is 21.5. The first-order valence-electron chi connectivity index (χ1n) is 11.2. The number of hydrogen-bond acceptors (Lipinski definition) is 7. The van der Waals surface area contributed by atoms with Crippen LogP contribution in [0.25, 0.3) is 10.1 Å². The van der Waals surface area contributed by atoms with Gasteiger partial charge in [0.25, 0.3) is 0 Å². The Morgan fingerprint density at radius 1 is 1.09 bits per heavy atom. The standard InChI is InChI=1S/C25H27N3O3S/c1-29-18-6-7-22-20(12-18)25-21(15-30-22)23(31-26-25)14-28-10-8-27(9-11-28)13-17-16-32-24-5-3-2-4-19(17)24/h2-7,12,16,21,23H,8-11,13-15H2,1H3/t21-,23-/m0/s1. The van der Waals surface area contributed by atoms with Gasteiger partial charge in [-0.2, -0.15) is 0 Å². The maximum atomic E-state index is 6.03. The van der Waals surface area contributed by atoms with Gasteiger partial charge in [0, 0.05) is 49.5 Å². The third-order valence-corrected chi connectivity index (χ3v) is 7.84. The molecule has 3 aromatic rings. The largest absolute Gasteiger partial charge is 0.497 e. The molecule has 0 bridgehead atoms. The van der Waals surface area contributed by atoms with Crippen molar-refractivity contribution in [1.29, 1.82) is 0 Å². The van der Waals surface area contributed by atoms with E-state index in [1.54, 1.807) is 7.11 Å². The number of oxime groups is 1. The van der Waals surface area contributed by atoms with Gasteiger partial charge in [-0.3, -0.25) is 9.80 Å². The lowest BCUT2D eigenvalue weighted by atomic mass is 9.90. The van der Waals surface area contributed by atoms with Crippen LogP contribution in [0.2, 0.25) is 0 Å². The monoisotopic (exact) mass is 449 g/mol.